The number of hydrogen-bond acceptors (Lipinski definition) is 4. The lowest BCUT2D eigenvalue weighted by Gasteiger charge is -2.07. The molecule has 0 unspecified atom stereocenters. The molecule has 0 atom stereocenters. The summed E-state index contributed by atoms with van der Waals surface area (Å²) in [6, 6.07) is 6.60. The number of nitrogens with one attached hydrogen (secondary N) is 3. The second-order valence-electron chi connectivity index (χ2n) is 4.01. The highest BCUT2D eigenvalue weighted by Gasteiger charge is 2.10. The van der Waals surface area contributed by atoms with Gasteiger partial charge in [0.15, 0.2) is 0 Å². The van der Waals surface area contributed by atoms with Gasteiger partial charge >= 0.3 is 0 Å². The molecule has 0 radical (unpaired) electrons. The number of amides is 2. The first-order chi connectivity index (χ1) is 9.56. The molecule has 0 fully saturated rings. The van der Waals surface area contributed by atoms with Crippen molar-refractivity contribution in [2.75, 3.05) is 10.6 Å². The number of anilines is 2. The van der Waals surface area contributed by atoms with Crippen LogP contribution >= 0.6 is 0 Å². The topological polar surface area (TPSA) is 104 Å². The highest BCUT2D eigenvalue weighted by Crippen LogP contribution is 2.15. The van der Waals surface area contributed by atoms with E-state index in [0.29, 0.717) is 11.4 Å². The Balaban J connectivity index is 2.18. The average Bonchev–Trinajstić information content (AvgIpc) is 2.38. The summed E-state index contributed by atoms with van der Waals surface area (Å²) in [7, 11) is 0. The molecule has 2 aromatic rings. The van der Waals surface area contributed by atoms with Gasteiger partial charge in [-0.3, -0.25) is 14.4 Å². The van der Waals surface area contributed by atoms with Crippen molar-refractivity contribution >= 4 is 23.2 Å². The normalized spacial score (nSPS) is 9.85. The van der Waals surface area contributed by atoms with Crippen LogP contribution in [0.2, 0.25) is 0 Å². The number of nitrogens with zero attached hydrogens (tertiary/aromatic N) is 1. The summed E-state index contributed by atoms with van der Waals surface area (Å²) in [4.78, 5) is 40.3. The van der Waals surface area contributed by atoms with Gasteiger partial charge in [-0.25, -0.2) is 4.98 Å². The quantitative estimate of drug-likeness (QED) is 0.774. The van der Waals surface area contributed by atoms with Crippen LogP contribution in [0.5, 0.6) is 0 Å². The van der Waals surface area contributed by atoms with Crippen LogP contribution in [0.25, 0.3) is 0 Å². The molecule has 0 aliphatic carbocycles. The second kappa shape index (κ2) is 5.79. The Kier molecular flexibility index (Phi) is 3.90. The Morgan fingerprint density at radius 1 is 1.20 bits per heavy atom. The van der Waals surface area contributed by atoms with E-state index in [1.54, 1.807) is 24.3 Å². The molecular weight excluding hydrogens is 260 g/mol. The summed E-state index contributed by atoms with van der Waals surface area (Å²) >= 11 is 0. The Bertz CT molecular complexity index is 709. The van der Waals surface area contributed by atoms with Gasteiger partial charge in [-0.2, -0.15) is 0 Å². The molecule has 20 heavy (non-hydrogen) atoms. The predicted octanol–water partition coefficient (Wildman–Crippen LogP) is 0.981. The van der Waals surface area contributed by atoms with Crippen LogP contribution in [0.15, 0.2) is 41.6 Å². The van der Waals surface area contributed by atoms with Crippen molar-refractivity contribution in [1.82, 2.24) is 9.97 Å². The van der Waals surface area contributed by atoms with Gasteiger partial charge in [0.1, 0.15) is 5.56 Å². The van der Waals surface area contributed by atoms with E-state index in [2.05, 4.69) is 20.6 Å². The van der Waals surface area contributed by atoms with E-state index >= 15 is 0 Å². The van der Waals surface area contributed by atoms with Crippen LogP contribution < -0.4 is 16.2 Å². The Morgan fingerprint density at radius 3 is 2.55 bits per heavy atom. The molecule has 0 saturated heterocycles. The molecule has 0 aliphatic heterocycles. The number of carbonyl (C=O) groups is 2. The van der Waals surface area contributed by atoms with E-state index in [0.717, 1.165) is 0 Å². The van der Waals surface area contributed by atoms with E-state index in [1.165, 1.54) is 19.4 Å². The maximum Gasteiger partial charge on any atom is 0.263 e. The van der Waals surface area contributed by atoms with Crippen molar-refractivity contribution in [2.45, 2.75) is 6.92 Å². The van der Waals surface area contributed by atoms with Crippen LogP contribution in [0, 0.1) is 0 Å². The maximum atomic E-state index is 11.9. The highest BCUT2D eigenvalue weighted by molar-refractivity contribution is 6.04. The van der Waals surface area contributed by atoms with Crippen LogP contribution in [0.4, 0.5) is 11.4 Å². The van der Waals surface area contributed by atoms with Crippen molar-refractivity contribution in [3.05, 3.63) is 52.7 Å². The SMILES string of the molecule is CC(=O)Nc1cccc(NC(=O)c2cnc[nH]c2=O)c1. The molecule has 0 aliphatic rings. The third-order valence-electron chi connectivity index (χ3n) is 2.40. The predicted molar refractivity (Wildman–Crippen MR) is 73.6 cm³/mol. The zero-order valence-corrected chi connectivity index (χ0v) is 10.6. The lowest BCUT2D eigenvalue weighted by Crippen LogP contribution is -2.23. The zero-order chi connectivity index (χ0) is 14.5. The monoisotopic (exact) mass is 272 g/mol. The number of aromatic amines is 1. The number of carbonyl (C=O) groups excluding carboxylic acids is 2. The summed E-state index contributed by atoms with van der Waals surface area (Å²) in [5, 5.41) is 5.16. The molecule has 102 valence electrons. The molecule has 0 bridgehead atoms. The van der Waals surface area contributed by atoms with Crippen LogP contribution in [0.3, 0.4) is 0 Å². The van der Waals surface area contributed by atoms with Gasteiger partial charge in [-0.1, -0.05) is 6.07 Å². The third kappa shape index (κ3) is 3.29. The van der Waals surface area contributed by atoms with Crippen molar-refractivity contribution in [3.8, 4) is 0 Å². The standard InChI is InChI=1S/C13H12N4O3/c1-8(18)16-9-3-2-4-10(5-9)17-13(20)11-6-14-7-15-12(11)19/h2-7H,1H3,(H,16,18)(H,17,20)(H,14,15,19). The maximum absolute atomic E-state index is 11.9. The Labute approximate surface area is 114 Å². The van der Waals surface area contributed by atoms with Gasteiger partial charge in [0, 0.05) is 24.5 Å². The first kappa shape index (κ1) is 13.5. The van der Waals surface area contributed by atoms with E-state index < -0.39 is 11.5 Å². The van der Waals surface area contributed by atoms with Crippen molar-refractivity contribution < 1.29 is 9.59 Å². The fraction of sp³-hybridized carbons (Fsp3) is 0.0769. The summed E-state index contributed by atoms with van der Waals surface area (Å²) in [6.45, 7) is 1.39. The zero-order valence-electron chi connectivity index (χ0n) is 10.6. The molecule has 3 N–H and O–H groups in total. The average molecular weight is 272 g/mol. The molecule has 7 heteroatoms. The lowest BCUT2D eigenvalue weighted by molar-refractivity contribution is -0.114. The third-order valence-corrected chi connectivity index (χ3v) is 2.40. The number of benzene rings is 1. The van der Waals surface area contributed by atoms with Gasteiger partial charge in [0.2, 0.25) is 5.91 Å². The lowest BCUT2D eigenvalue weighted by atomic mass is 10.2. The minimum absolute atomic E-state index is 0.0857. The molecule has 0 saturated carbocycles. The smallest absolute Gasteiger partial charge is 0.263 e. The minimum atomic E-state index is -0.570. The summed E-state index contributed by atoms with van der Waals surface area (Å²) in [6.07, 6.45) is 2.39. The van der Waals surface area contributed by atoms with E-state index in [4.69, 9.17) is 0 Å². The van der Waals surface area contributed by atoms with E-state index in [9.17, 15) is 14.4 Å². The van der Waals surface area contributed by atoms with Gasteiger partial charge in [-0.15, -0.1) is 0 Å². The van der Waals surface area contributed by atoms with E-state index in [-0.39, 0.29) is 11.5 Å². The summed E-state index contributed by atoms with van der Waals surface area (Å²) in [5.74, 6) is -0.781. The second-order valence-corrected chi connectivity index (χ2v) is 4.01. The van der Waals surface area contributed by atoms with Crippen molar-refractivity contribution in [3.63, 3.8) is 0 Å². The molecule has 0 spiro atoms. The largest absolute Gasteiger partial charge is 0.326 e. The van der Waals surface area contributed by atoms with Crippen molar-refractivity contribution in [1.29, 1.82) is 0 Å². The molecule has 1 aromatic heterocycles. The molecule has 2 amide bonds. The fourth-order valence-electron chi connectivity index (χ4n) is 1.58. The number of rotatable bonds is 3. The number of hydrogen-bond donors (Lipinski definition) is 3. The number of aromatic nitrogens is 2. The van der Waals surface area contributed by atoms with Crippen LogP contribution in [0.1, 0.15) is 17.3 Å². The van der Waals surface area contributed by atoms with Crippen LogP contribution in [-0.2, 0) is 4.79 Å². The first-order valence-corrected chi connectivity index (χ1v) is 5.78. The van der Waals surface area contributed by atoms with Crippen molar-refractivity contribution in [2.24, 2.45) is 0 Å². The summed E-state index contributed by atoms with van der Waals surface area (Å²) in [5.41, 5.74) is 0.410. The minimum Gasteiger partial charge on any atom is -0.326 e. The molecule has 1 heterocycles. The first-order valence-electron chi connectivity index (χ1n) is 5.78. The number of H-pyrrole nitrogens is 1. The molecule has 7 nitrogen and oxygen atoms in total. The van der Waals surface area contributed by atoms with Crippen LogP contribution in [-0.4, -0.2) is 21.8 Å². The highest BCUT2D eigenvalue weighted by atomic mass is 16.2. The van der Waals surface area contributed by atoms with Gasteiger partial charge in [0.05, 0.1) is 6.33 Å². The van der Waals surface area contributed by atoms with E-state index in [1.807, 2.05) is 0 Å². The summed E-state index contributed by atoms with van der Waals surface area (Å²) < 4.78 is 0. The molecule has 2 rings (SSSR count). The van der Waals surface area contributed by atoms with Gasteiger partial charge in [0.25, 0.3) is 11.5 Å². The van der Waals surface area contributed by atoms with Gasteiger partial charge in [-0.05, 0) is 18.2 Å². The molecular formula is C13H12N4O3. The Hall–Kier alpha value is -2.96. The fourth-order valence-corrected chi connectivity index (χ4v) is 1.58. The molecule has 1 aromatic carbocycles. The Morgan fingerprint density at radius 2 is 1.90 bits per heavy atom. The van der Waals surface area contributed by atoms with Gasteiger partial charge < -0.3 is 15.6 Å².